The second-order valence-electron chi connectivity index (χ2n) is 5.14. The third-order valence-electron chi connectivity index (χ3n) is 3.42. The van der Waals surface area contributed by atoms with Crippen molar-refractivity contribution in [1.82, 2.24) is 24.9 Å². The zero-order valence-electron chi connectivity index (χ0n) is 13.6. The zero-order valence-corrected chi connectivity index (χ0v) is 13.6. The highest BCUT2D eigenvalue weighted by Gasteiger charge is 2.17. The van der Waals surface area contributed by atoms with E-state index in [9.17, 15) is 4.39 Å². The topological polar surface area (TPSA) is 69.6 Å². The number of nitrogens with zero attached hydrogens (tertiary/aromatic N) is 5. The molecular formula is C18H16FN5O. The molecule has 6 nitrogen and oxygen atoms in total. The van der Waals surface area contributed by atoms with Crippen LogP contribution in [0, 0.1) is 0 Å². The number of allylic oxidation sites excluding steroid dienone is 5. The maximum atomic E-state index is 13.8. The molecule has 0 fully saturated rings. The van der Waals surface area contributed by atoms with Crippen molar-refractivity contribution in [2.75, 3.05) is 0 Å². The maximum absolute atomic E-state index is 13.8. The van der Waals surface area contributed by atoms with Crippen molar-refractivity contribution in [3.05, 3.63) is 73.0 Å². The zero-order chi connectivity index (χ0) is 17.6. The van der Waals surface area contributed by atoms with Gasteiger partial charge in [0, 0.05) is 24.0 Å². The fraction of sp³-hybridized carbons (Fsp3) is 0.111. The van der Waals surface area contributed by atoms with Gasteiger partial charge in [0.15, 0.2) is 11.6 Å². The van der Waals surface area contributed by atoms with E-state index in [0.717, 1.165) is 0 Å². The van der Waals surface area contributed by atoms with E-state index in [1.165, 1.54) is 6.20 Å². The molecule has 0 unspecified atom stereocenters. The van der Waals surface area contributed by atoms with Gasteiger partial charge in [0.2, 0.25) is 0 Å². The minimum absolute atomic E-state index is 0.183. The average molecular weight is 337 g/mol. The first-order valence-corrected chi connectivity index (χ1v) is 7.62. The SMILES string of the molecule is C=C(F)/C(=C\C=C/C)Cn1nc(-c2ncccn2)cc1-c1ccno1. The van der Waals surface area contributed by atoms with Gasteiger partial charge in [-0.05, 0) is 19.1 Å². The van der Waals surface area contributed by atoms with Crippen molar-refractivity contribution in [1.29, 1.82) is 0 Å². The molecule has 0 atom stereocenters. The van der Waals surface area contributed by atoms with Gasteiger partial charge in [-0.15, -0.1) is 0 Å². The molecule has 0 aromatic carbocycles. The van der Waals surface area contributed by atoms with E-state index in [2.05, 4.69) is 26.8 Å². The highest BCUT2D eigenvalue weighted by atomic mass is 19.1. The van der Waals surface area contributed by atoms with E-state index in [4.69, 9.17) is 4.52 Å². The summed E-state index contributed by atoms with van der Waals surface area (Å²) in [6.07, 6.45) is 10.0. The molecule has 0 aliphatic heterocycles. The second kappa shape index (κ2) is 7.48. The minimum atomic E-state index is -0.519. The molecule has 3 heterocycles. The summed E-state index contributed by atoms with van der Waals surface area (Å²) in [5.41, 5.74) is 1.61. The Morgan fingerprint density at radius 3 is 2.76 bits per heavy atom. The summed E-state index contributed by atoms with van der Waals surface area (Å²) < 4.78 is 20.6. The normalized spacial score (nSPS) is 12.0. The fourth-order valence-corrected chi connectivity index (χ4v) is 2.23. The lowest BCUT2D eigenvalue weighted by atomic mass is 10.2. The average Bonchev–Trinajstić information content (AvgIpc) is 3.28. The third kappa shape index (κ3) is 3.77. The third-order valence-corrected chi connectivity index (χ3v) is 3.42. The Hall–Kier alpha value is -3.35. The van der Waals surface area contributed by atoms with Crippen LogP contribution in [0.1, 0.15) is 6.92 Å². The Labute approximate surface area is 144 Å². The molecule has 0 saturated heterocycles. The molecule has 0 amide bonds. The summed E-state index contributed by atoms with van der Waals surface area (Å²) in [6, 6.07) is 5.22. The predicted molar refractivity (Wildman–Crippen MR) is 91.9 cm³/mol. The highest BCUT2D eigenvalue weighted by Crippen LogP contribution is 2.26. The van der Waals surface area contributed by atoms with Crippen LogP contribution in [0.5, 0.6) is 0 Å². The second-order valence-corrected chi connectivity index (χ2v) is 5.14. The van der Waals surface area contributed by atoms with E-state index in [0.29, 0.717) is 28.5 Å². The standard InChI is InChI=1S/C18H16FN5O/c1-3-4-6-14(13(2)19)12-24-16(17-7-10-22-25-17)11-15(23-24)18-20-8-5-9-21-18/h3-11H,2,12H2,1H3/b4-3-,14-6-. The van der Waals surface area contributed by atoms with Crippen LogP contribution in [0.3, 0.4) is 0 Å². The molecule has 0 radical (unpaired) electrons. The molecule has 3 aromatic rings. The smallest absolute Gasteiger partial charge is 0.184 e. The summed E-state index contributed by atoms with van der Waals surface area (Å²) in [5.74, 6) is 0.472. The van der Waals surface area contributed by atoms with Crippen LogP contribution < -0.4 is 0 Å². The summed E-state index contributed by atoms with van der Waals surface area (Å²) in [5, 5.41) is 8.22. The van der Waals surface area contributed by atoms with Gasteiger partial charge in [-0.1, -0.05) is 30.0 Å². The lowest BCUT2D eigenvalue weighted by Crippen LogP contribution is -2.05. The van der Waals surface area contributed by atoms with Crippen LogP contribution >= 0.6 is 0 Å². The van der Waals surface area contributed by atoms with Crippen molar-refractivity contribution in [3.63, 3.8) is 0 Å². The van der Waals surface area contributed by atoms with Crippen molar-refractivity contribution in [2.45, 2.75) is 13.5 Å². The van der Waals surface area contributed by atoms with Gasteiger partial charge in [-0.25, -0.2) is 14.4 Å². The van der Waals surface area contributed by atoms with Crippen LogP contribution in [0.2, 0.25) is 0 Å². The Kier molecular flexibility index (Phi) is 4.94. The van der Waals surface area contributed by atoms with E-state index in [1.807, 2.05) is 13.0 Å². The Morgan fingerprint density at radius 1 is 1.32 bits per heavy atom. The molecule has 25 heavy (non-hydrogen) atoms. The lowest BCUT2D eigenvalue weighted by Gasteiger charge is -2.07. The number of hydrogen-bond donors (Lipinski definition) is 0. The van der Waals surface area contributed by atoms with Crippen LogP contribution in [-0.2, 0) is 6.54 Å². The largest absolute Gasteiger partial charge is 0.355 e. The summed E-state index contributed by atoms with van der Waals surface area (Å²) >= 11 is 0. The first kappa shape index (κ1) is 16.5. The molecule has 0 N–H and O–H groups in total. The monoisotopic (exact) mass is 337 g/mol. The van der Waals surface area contributed by atoms with Gasteiger partial charge in [0.05, 0.1) is 12.7 Å². The van der Waals surface area contributed by atoms with E-state index in [1.54, 1.807) is 47.4 Å². The van der Waals surface area contributed by atoms with Crippen molar-refractivity contribution < 1.29 is 8.91 Å². The molecule has 3 aromatic heterocycles. The predicted octanol–water partition coefficient (Wildman–Crippen LogP) is 3.98. The van der Waals surface area contributed by atoms with E-state index in [-0.39, 0.29) is 6.54 Å². The molecule has 0 aliphatic carbocycles. The first-order valence-electron chi connectivity index (χ1n) is 7.62. The van der Waals surface area contributed by atoms with Crippen LogP contribution in [0.15, 0.2) is 77.5 Å². The molecule has 3 rings (SSSR count). The Morgan fingerprint density at radius 2 is 2.12 bits per heavy atom. The quantitative estimate of drug-likeness (QED) is 0.636. The van der Waals surface area contributed by atoms with Gasteiger partial charge in [0.1, 0.15) is 17.2 Å². The molecule has 0 bridgehead atoms. The molecule has 0 aliphatic rings. The van der Waals surface area contributed by atoms with Crippen molar-refractivity contribution in [3.8, 4) is 23.0 Å². The van der Waals surface area contributed by atoms with E-state index < -0.39 is 5.83 Å². The van der Waals surface area contributed by atoms with Crippen LogP contribution in [0.25, 0.3) is 23.0 Å². The van der Waals surface area contributed by atoms with Gasteiger partial charge in [-0.3, -0.25) is 4.68 Å². The van der Waals surface area contributed by atoms with Gasteiger partial charge >= 0.3 is 0 Å². The van der Waals surface area contributed by atoms with Gasteiger partial charge < -0.3 is 4.52 Å². The van der Waals surface area contributed by atoms with Crippen molar-refractivity contribution in [2.24, 2.45) is 0 Å². The molecule has 0 spiro atoms. The summed E-state index contributed by atoms with van der Waals surface area (Å²) in [4.78, 5) is 8.40. The van der Waals surface area contributed by atoms with Gasteiger partial charge in [-0.2, -0.15) is 5.10 Å². The van der Waals surface area contributed by atoms with Gasteiger partial charge in [0.25, 0.3) is 0 Å². The molecule has 126 valence electrons. The fourth-order valence-electron chi connectivity index (χ4n) is 2.23. The highest BCUT2D eigenvalue weighted by molar-refractivity contribution is 5.61. The number of aromatic nitrogens is 5. The number of hydrogen-bond acceptors (Lipinski definition) is 5. The molecule has 0 saturated carbocycles. The molecule has 7 heteroatoms. The van der Waals surface area contributed by atoms with Crippen LogP contribution in [-0.4, -0.2) is 24.9 Å². The minimum Gasteiger partial charge on any atom is -0.355 e. The summed E-state index contributed by atoms with van der Waals surface area (Å²) in [7, 11) is 0. The first-order chi connectivity index (χ1) is 12.2. The Bertz CT molecular complexity index is 910. The Balaban J connectivity index is 2.05. The van der Waals surface area contributed by atoms with Crippen LogP contribution in [0.4, 0.5) is 4.39 Å². The lowest BCUT2D eigenvalue weighted by molar-refractivity contribution is 0.427. The van der Waals surface area contributed by atoms with Crippen molar-refractivity contribution >= 4 is 0 Å². The summed E-state index contributed by atoms with van der Waals surface area (Å²) in [6.45, 7) is 5.43. The van der Waals surface area contributed by atoms with E-state index >= 15 is 0 Å². The number of halogens is 1. The maximum Gasteiger partial charge on any atom is 0.184 e. The number of rotatable bonds is 6. The molecular weight excluding hydrogens is 321 g/mol.